The summed E-state index contributed by atoms with van der Waals surface area (Å²) in [5.74, 6) is -0.922. The molecule has 0 spiro atoms. The highest BCUT2D eigenvalue weighted by molar-refractivity contribution is 6.03. The molecular weight excluding hydrogens is 883 g/mol. The first-order chi connectivity index (χ1) is 33.7. The molecule has 0 unspecified atom stereocenters. The second-order valence-corrected chi connectivity index (χ2v) is 17.6. The largest absolute Gasteiger partial charge is 0.459 e. The average Bonchev–Trinajstić information content (AvgIpc) is 3.36. The van der Waals surface area contributed by atoms with Crippen LogP contribution in [-0.4, -0.2) is 89.5 Å². The van der Waals surface area contributed by atoms with Crippen molar-refractivity contribution >= 4 is 23.8 Å². The van der Waals surface area contributed by atoms with Crippen molar-refractivity contribution in [2.24, 2.45) is 22.9 Å². The van der Waals surface area contributed by atoms with Crippen molar-refractivity contribution in [3.63, 3.8) is 0 Å². The average molecular weight is 946 g/mol. The Bertz CT molecular complexity index is 2410. The van der Waals surface area contributed by atoms with Crippen molar-refractivity contribution in [1.82, 2.24) is 4.90 Å². The van der Waals surface area contributed by atoms with Gasteiger partial charge in [-0.1, -0.05) is 79.5 Å². The number of carbonyl (C=O) groups is 2. The number of hydrogen-bond acceptors (Lipinski definition) is 13. The van der Waals surface area contributed by atoms with Crippen LogP contribution in [-0.2, 0) is 32.3 Å². The van der Waals surface area contributed by atoms with Crippen LogP contribution < -0.4 is 9.47 Å². The third-order valence-corrected chi connectivity index (χ3v) is 13.1. The number of fused-ring (bicyclic) bond motifs is 2. The number of aliphatic hydroxyl groups excluding tert-OH is 2. The number of rotatable bonds is 26. The van der Waals surface area contributed by atoms with Crippen LogP contribution in [0.5, 0.6) is 17.2 Å². The lowest BCUT2D eigenvalue weighted by molar-refractivity contribution is -0.384. The van der Waals surface area contributed by atoms with Crippen molar-refractivity contribution in [2.75, 3.05) is 39.6 Å². The quantitative estimate of drug-likeness (QED) is 0.0200. The molecule has 6 atom stereocenters. The van der Waals surface area contributed by atoms with Crippen LogP contribution in [0, 0.1) is 27.9 Å². The second-order valence-electron chi connectivity index (χ2n) is 17.6. The summed E-state index contributed by atoms with van der Waals surface area (Å²) < 4.78 is 32.7. The lowest BCUT2D eigenvalue weighted by Crippen LogP contribution is -2.70. The van der Waals surface area contributed by atoms with Crippen molar-refractivity contribution in [1.29, 1.82) is 0 Å². The Morgan fingerprint density at radius 2 is 1.68 bits per heavy atom. The fraction of sp³-hybridized carbons (Fsp3) is 0.426. The molecule has 2 N–H and O–H groups in total. The molecule has 1 fully saturated rings. The maximum atomic E-state index is 14.6. The minimum Gasteiger partial charge on any atom is -0.459 e. The predicted molar refractivity (Wildman–Crippen MR) is 259 cm³/mol. The minimum atomic E-state index is -1.51. The van der Waals surface area contributed by atoms with Crippen molar-refractivity contribution in [3.8, 4) is 17.2 Å². The van der Waals surface area contributed by atoms with E-state index < -0.39 is 28.8 Å². The Morgan fingerprint density at radius 3 is 2.41 bits per heavy atom. The fourth-order valence-corrected chi connectivity index (χ4v) is 10.0. The molecule has 15 heteroatoms. The molecule has 3 aliphatic rings. The van der Waals surface area contributed by atoms with Gasteiger partial charge >= 0.3 is 6.09 Å². The van der Waals surface area contributed by atoms with Gasteiger partial charge in [-0.25, -0.2) is 4.79 Å². The van der Waals surface area contributed by atoms with Gasteiger partial charge in [0, 0.05) is 55.4 Å². The van der Waals surface area contributed by atoms with Crippen molar-refractivity contribution < 1.29 is 53.2 Å². The molecule has 4 aromatic carbocycles. The predicted octanol–water partition coefficient (Wildman–Crippen LogP) is 10.1. The lowest BCUT2D eigenvalue weighted by atomic mass is 9.55. The summed E-state index contributed by atoms with van der Waals surface area (Å²) >= 11 is 0. The summed E-state index contributed by atoms with van der Waals surface area (Å²) in [4.78, 5) is 45.1. The number of unbranched alkanes of at least 4 members (excludes halogenated alkanes) is 2. The summed E-state index contributed by atoms with van der Waals surface area (Å²) in [5.41, 5.74) is 4.39. The van der Waals surface area contributed by atoms with Gasteiger partial charge in [-0.3, -0.25) is 19.8 Å². The third kappa shape index (κ3) is 12.3. The number of allylic oxidation sites excluding steroid dienone is 1. The Balaban J connectivity index is 1.35. The zero-order valence-corrected chi connectivity index (χ0v) is 39.2. The molecule has 4 aromatic rings. The Labute approximate surface area is 403 Å². The van der Waals surface area contributed by atoms with E-state index in [1.54, 1.807) is 47.4 Å². The maximum Gasteiger partial charge on any atom is 0.410 e. The minimum absolute atomic E-state index is 0.000289. The van der Waals surface area contributed by atoms with E-state index in [1.807, 2.05) is 55.5 Å². The molecule has 0 saturated heterocycles. The number of oxime groups is 1. The number of carbonyl (C=O) groups excluding carboxylic acids is 2. The fourth-order valence-electron chi connectivity index (χ4n) is 10.0. The highest BCUT2D eigenvalue weighted by Crippen LogP contribution is 2.62. The zero-order valence-electron chi connectivity index (χ0n) is 39.2. The molecule has 0 aromatic heterocycles. The first kappa shape index (κ1) is 50.5. The maximum absolute atomic E-state index is 14.6. The molecule has 1 heterocycles. The summed E-state index contributed by atoms with van der Waals surface area (Å²) in [6, 6.07) is 27.6. The molecule has 1 aliphatic heterocycles. The molecule has 0 bridgehead atoms. The molecule has 7 rings (SSSR count). The van der Waals surface area contributed by atoms with Crippen molar-refractivity contribution in [3.05, 3.63) is 154 Å². The molecule has 69 heavy (non-hydrogen) atoms. The number of ether oxygens (including phenoxy) is 5. The first-order valence-electron chi connectivity index (χ1n) is 23.9. The van der Waals surface area contributed by atoms with Crippen LogP contribution in [0.2, 0.25) is 0 Å². The number of benzene rings is 4. The number of nitrogens with zero attached hydrogens (tertiary/aromatic N) is 3. The number of amides is 1. The molecule has 366 valence electrons. The zero-order chi connectivity index (χ0) is 48.6. The number of aliphatic hydroxyl groups is 2. The van der Waals surface area contributed by atoms with Gasteiger partial charge in [0.25, 0.3) is 5.69 Å². The summed E-state index contributed by atoms with van der Waals surface area (Å²) in [6.45, 7) is 7.02. The van der Waals surface area contributed by atoms with Gasteiger partial charge in [0.15, 0.2) is 0 Å². The monoisotopic (exact) mass is 945 g/mol. The van der Waals surface area contributed by atoms with Crippen LogP contribution in [0.25, 0.3) is 0 Å². The number of nitro benzene ring substituents is 1. The van der Waals surface area contributed by atoms with Gasteiger partial charge in [0.2, 0.25) is 5.79 Å². The number of non-ortho nitro benzene ring substituents is 1. The third-order valence-electron chi connectivity index (χ3n) is 13.1. The Hall–Kier alpha value is -6.39. The van der Waals surface area contributed by atoms with Crippen LogP contribution in [0.4, 0.5) is 10.5 Å². The van der Waals surface area contributed by atoms with Gasteiger partial charge in [0.05, 0.1) is 36.4 Å². The Kier molecular flexibility index (Phi) is 18.1. The molecule has 0 radical (unpaired) electrons. The normalized spacial score (nSPS) is 21.8. The molecule has 1 saturated carbocycles. The van der Waals surface area contributed by atoms with Crippen LogP contribution >= 0.6 is 0 Å². The van der Waals surface area contributed by atoms with Crippen LogP contribution in [0.15, 0.2) is 127 Å². The summed E-state index contributed by atoms with van der Waals surface area (Å²) in [5, 5.41) is 36.2. The summed E-state index contributed by atoms with van der Waals surface area (Å²) in [7, 11) is 0. The van der Waals surface area contributed by atoms with E-state index in [4.69, 9.17) is 33.7 Å². The highest BCUT2D eigenvalue weighted by Gasteiger charge is 2.65. The number of nitro groups is 1. The first-order valence-corrected chi connectivity index (χ1v) is 23.9. The van der Waals surface area contributed by atoms with E-state index in [1.165, 1.54) is 12.1 Å². The van der Waals surface area contributed by atoms with E-state index in [9.17, 15) is 29.9 Å². The van der Waals surface area contributed by atoms with E-state index >= 15 is 0 Å². The molecule has 2 aliphatic carbocycles. The molecular formula is C54H63N3O12. The van der Waals surface area contributed by atoms with E-state index in [0.717, 1.165) is 48.7 Å². The SMILES string of the molecule is C=CCO[C@@]12Oc3ccc(Oc4cccc(C=O)c4)cc3[C@H]3[C@H](CCCCO)[C@@H](CCCCO)C=C(C(=NOCc4ccc([N+](=O)[O-])cc4)C[C@@H]1N(CCC)C(=O)OCCOCc1ccccc1)[C@H]32. The van der Waals surface area contributed by atoms with Crippen LogP contribution in [0.3, 0.4) is 0 Å². The lowest BCUT2D eigenvalue weighted by Gasteiger charge is -2.59. The van der Waals surface area contributed by atoms with Crippen LogP contribution in [0.1, 0.15) is 91.3 Å². The van der Waals surface area contributed by atoms with E-state index in [0.29, 0.717) is 60.0 Å². The van der Waals surface area contributed by atoms with E-state index in [-0.39, 0.29) is 76.0 Å². The second kappa shape index (κ2) is 24.8. The summed E-state index contributed by atoms with van der Waals surface area (Å²) in [6.07, 6.45) is 9.03. The number of aldehydes is 1. The van der Waals surface area contributed by atoms with E-state index in [2.05, 4.69) is 12.7 Å². The number of hydrogen-bond donors (Lipinski definition) is 2. The molecule has 15 nitrogen and oxygen atoms in total. The van der Waals surface area contributed by atoms with Gasteiger partial charge in [-0.15, -0.1) is 6.58 Å². The topological polar surface area (TPSA) is 189 Å². The van der Waals surface area contributed by atoms with Gasteiger partial charge < -0.3 is 38.7 Å². The molecule has 1 amide bonds. The highest BCUT2D eigenvalue weighted by atomic mass is 16.7. The van der Waals surface area contributed by atoms with Gasteiger partial charge in [0.1, 0.15) is 42.8 Å². The smallest absolute Gasteiger partial charge is 0.410 e. The van der Waals surface area contributed by atoms with Gasteiger partial charge in [-0.05, 0) is 103 Å². The Morgan fingerprint density at radius 1 is 0.928 bits per heavy atom. The van der Waals surface area contributed by atoms with Crippen molar-refractivity contribution in [2.45, 2.75) is 89.3 Å². The van der Waals surface area contributed by atoms with Gasteiger partial charge in [-0.2, -0.15) is 0 Å². The standard InChI is InChI=1S/C54H63N3O12/c1-3-25-56(53(61)65-30-29-64-36-38-13-6-5-7-14-38)50-34-48(55-67-37-39-19-21-42(22-20-39)57(62)63)46-32-41(16-8-10-26-58)45(18-9-11-27-59)51-47-33-44(68-43-17-12-15-40(31-43)35-60)23-24-49(47)69-54(50,52(46)51)66-28-4-2/h4-7,12-15,17,19-24,31-33,35,41,45,50-52,58-59H,2-3,8-11,16,18,25-30,34,36-37H2,1H3/t41-,45+,50-,51+,52+,54+/m0/s1.